The number of methoxy groups -OCH3 is 1. The van der Waals surface area contributed by atoms with E-state index in [-0.39, 0.29) is 5.82 Å². The summed E-state index contributed by atoms with van der Waals surface area (Å²) in [6.07, 6.45) is 0. The summed E-state index contributed by atoms with van der Waals surface area (Å²) in [5.41, 5.74) is 0.907. The van der Waals surface area contributed by atoms with E-state index in [2.05, 4.69) is 10.3 Å². The van der Waals surface area contributed by atoms with Gasteiger partial charge in [0.2, 0.25) is 0 Å². The molecule has 6 heteroatoms. The van der Waals surface area contributed by atoms with Crippen molar-refractivity contribution in [3.8, 4) is 0 Å². The van der Waals surface area contributed by atoms with Crippen molar-refractivity contribution in [3.63, 3.8) is 0 Å². The van der Waals surface area contributed by atoms with Crippen LogP contribution in [-0.4, -0.2) is 57.9 Å². The molecule has 0 heterocycles. The third-order valence-corrected chi connectivity index (χ3v) is 2.93. The zero-order chi connectivity index (χ0) is 16.2. The van der Waals surface area contributed by atoms with Gasteiger partial charge in [-0.2, -0.15) is 0 Å². The largest absolute Gasteiger partial charge is 0.382 e. The molecule has 0 spiro atoms. The summed E-state index contributed by atoms with van der Waals surface area (Å²) in [7, 11) is 3.57. The lowest BCUT2D eigenvalue weighted by Gasteiger charge is -2.22. The van der Waals surface area contributed by atoms with Crippen LogP contribution in [-0.2, 0) is 16.0 Å². The molecular formula is C16H26FN3O2. The zero-order valence-electron chi connectivity index (χ0n) is 13.6. The molecule has 1 rings (SSSR count). The minimum absolute atomic E-state index is 0.223. The number of benzene rings is 1. The molecule has 0 saturated heterocycles. The molecule has 1 N–H and O–H groups in total. The van der Waals surface area contributed by atoms with E-state index in [4.69, 9.17) is 9.47 Å². The highest BCUT2D eigenvalue weighted by Gasteiger charge is 2.06. The predicted octanol–water partition coefficient (Wildman–Crippen LogP) is 1.89. The summed E-state index contributed by atoms with van der Waals surface area (Å²) in [5, 5.41) is 3.22. The molecule has 0 aromatic heterocycles. The summed E-state index contributed by atoms with van der Waals surface area (Å²) >= 11 is 0. The molecular weight excluding hydrogens is 285 g/mol. The first kappa shape index (κ1) is 18.4. The first-order valence-electron chi connectivity index (χ1n) is 7.48. The minimum atomic E-state index is -0.223. The Hall–Kier alpha value is -1.66. The molecule has 1 aromatic rings. The quantitative estimate of drug-likeness (QED) is 0.430. The highest BCUT2D eigenvalue weighted by molar-refractivity contribution is 5.79. The van der Waals surface area contributed by atoms with E-state index >= 15 is 0 Å². The predicted molar refractivity (Wildman–Crippen MR) is 86.5 cm³/mol. The summed E-state index contributed by atoms with van der Waals surface area (Å²) in [6.45, 7) is 5.65. The number of halogens is 1. The van der Waals surface area contributed by atoms with E-state index in [0.29, 0.717) is 32.9 Å². The second kappa shape index (κ2) is 11.0. The van der Waals surface area contributed by atoms with Crippen LogP contribution in [0.5, 0.6) is 0 Å². The van der Waals surface area contributed by atoms with Crippen LogP contribution >= 0.6 is 0 Å². The average molecular weight is 311 g/mol. The maximum absolute atomic E-state index is 13.2. The van der Waals surface area contributed by atoms with Gasteiger partial charge in [0.15, 0.2) is 5.96 Å². The van der Waals surface area contributed by atoms with Crippen LogP contribution < -0.4 is 5.32 Å². The standard InChI is InChI=1S/C16H26FN3O2/c1-4-18-16(19-8-9-22-11-10-21-3)20(2)13-14-6-5-7-15(17)12-14/h5-7,12H,4,8-11,13H2,1-3H3,(H,18,19). The average Bonchev–Trinajstić information content (AvgIpc) is 2.49. The Labute approximate surface area is 132 Å². The maximum atomic E-state index is 13.2. The van der Waals surface area contributed by atoms with Crippen molar-refractivity contribution >= 4 is 5.96 Å². The summed E-state index contributed by atoms with van der Waals surface area (Å²) in [5.74, 6) is 0.557. The second-order valence-electron chi connectivity index (χ2n) is 4.83. The normalized spacial score (nSPS) is 11.5. The fraction of sp³-hybridized carbons (Fsp3) is 0.562. The van der Waals surface area contributed by atoms with Gasteiger partial charge in [-0.25, -0.2) is 4.39 Å². The fourth-order valence-corrected chi connectivity index (χ4v) is 1.91. The highest BCUT2D eigenvalue weighted by atomic mass is 19.1. The summed E-state index contributed by atoms with van der Waals surface area (Å²) < 4.78 is 23.5. The van der Waals surface area contributed by atoms with Crippen molar-refractivity contribution in [2.24, 2.45) is 4.99 Å². The molecule has 124 valence electrons. The monoisotopic (exact) mass is 311 g/mol. The van der Waals surface area contributed by atoms with E-state index in [9.17, 15) is 4.39 Å². The lowest BCUT2D eigenvalue weighted by Crippen LogP contribution is -2.38. The Morgan fingerprint density at radius 1 is 1.32 bits per heavy atom. The zero-order valence-corrected chi connectivity index (χ0v) is 13.6. The lowest BCUT2D eigenvalue weighted by atomic mass is 10.2. The number of hydrogen-bond acceptors (Lipinski definition) is 3. The van der Waals surface area contributed by atoms with Gasteiger partial charge in [0.05, 0.1) is 26.4 Å². The first-order chi connectivity index (χ1) is 10.7. The Morgan fingerprint density at radius 3 is 2.82 bits per heavy atom. The summed E-state index contributed by atoms with van der Waals surface area (Å²) in [4.78, 5) is 6.47. The van der Waals surface area contributed by atoms with Crippen molar-refractivity contribution in [2.45, 2.75) is 13.5 Å². The molecule has 0 aliphatic rings. The van der Waals surface area contributed by atoms with Gasteiger partial charge in [-0.05, 0) is 24.6 Å². The van der Waals surface area contributed by atoms with Gasteiger partial charge in [-0.15, -0.1) is 0 Å². The van der Waals surface area contributed by atoms with E-state index < -0.39 is 0 Å². The highest BCUT2D eigenvalue weighted by Crippen LogP contribution is 2.06. The second-order valence-corrected chi connectivity index (χ2v) is 4.83. The molecule has 0 radical (unpaired) electrons. The molecule has 0 atom stereocenters. The number of hydrogen-bond donors (Lipinski definition) is 1. The SMILES string of the molecule is CCNC(=NCCOCCOC)N(C)Cc1cccc(F)c1. The van der Waals surface area contributed by atoms with Crippen molar-refractivity contribution in [2.75, 3.05) is 47.1 Å². The van der Waals surface area contributed by atoms with Gasteiger partial charge in [-0.1, -0.05) is 12.1 Å². The van der Waals surface area contributed by atoms with Gasteiger partial charge in [0, 0.05) is 27.2 Å². The minimum Gasteiger partial charge on any atom is -0.382 e. The van der Waals surface area contributed by atoms with Gasteiger partial charge >= 0.3 is 0 Å². The van der Waals surface area contributed by atoms with Crippen LogP contribution in [0.2, 0.25) is 0 Å². The Morgan fingerprint density at radius 2 is 2.14 bits per heavy atom. The molecule has 0 aliphatic heterocycles. The maximum Gasteiger partial charge on any atom is 0.194 e. The molecule has 0 aliphatic carbocycles. The lowest BCUT2D eigenvalue weighted by molar-refractivity contribution is 0.0747. The topological polar surface area (TPSA) is 46.1 Å². The number of aliphatic imine (C=N–C) groups is 1. The van der Waals surface area contributed by atoms with E-state index in [1.807, 2.05) is 24.9 Å². The van der Waals surface area contributed by atoms with Crippen molar-refractivity contribution in [1.29, 1.82) is 0 Å². The number of rotatable bonds is 9. The fourth-order valence-electron chi connectivity index (χ4n) is 1.91. The number of ether oxygens (including phenoxy) is 2. The van der Waals surface area contributed by atoms with E-state index in [1.165, 1.54) is 12.1 Å². The molecule has 0 unspecified atom stereocenters. The Kier molecular flexibility index (Phi) is 9.18. The van der Waals surface area contributed by atoms with Crippen molar-refractivity contribution in [3.05, 3.63) is 35.6 Å². The van der Waals surface area contributed by atoms with Gasteiger partial charge in [0.25, 0.3) is 0 Å². The van der Waals surface area contributed by atoms with Gasteiger partial charge in [0.1, 0.15) is 5.82 Å². The Balaban J connectivity index is 2.49. The first-order valence-corrected chi connectivity index (χ1v) is 7.48. The van der Waals surface area contributed by atoms with Gasteiger partial charge in [-0.3, -0.25) is 4.99 Å². The van der Waals surface area contributed by atoms with Gasteiger partial charge < -0.3 is 19.7 Å². The number of nitrogens with zero attached hydrogens (tertiary/aromatic N) is 2. The van der Waals surface area contributed by atoms with Crippen LogP contribution in [0.1, 0.15) is 12.5 Å². The van der Waals surface area contributed by atoms with Crippen LogP contribution in [0.15, 0.2) is 29.3 Å². The van der Waals surface area contributed by atoms with E-state index in [0.717, 1.165) is 18.1 Å². The van der Waals surface area contributed by atoms with Crippen LogP contribution in [0.4, 0.5) is 4.39 Å². The number of nitrogens with one attached hydrogen (secondary N) is 1. The molecule has 0 amide bonds. The third kappa shape index (κ3) is 7.38. The molecule has 0 saturated carbocycles. The van der Waals surface area contributed by atoms with Crippen LogP contribution in [0.3, 0.4) is 0 Å². The molecule has 5 nitrogen and oxygen atoms in total. The smallest absolute Gasteiger partial charge is 0.194 e. The van der Waals surface area contributed by atoms with Crippen LogP contribution in [0, 0.1) is 5.82 Å². The molecule has 22 heavy (non-hydrogen) atoms. The van der Waals surface area contributed by atoms with Crippen molar-refractivity contribution < 1.29 is 13.9 Å². The number of guanidine groups is 1. The summed E-state index contributed by atoms with van der Waals surface area (Å²) in [6, 6.07) is 6.59. The molecule has 0 bridgehead atoms. The molecule has 1 aromatic carbocycles. The third-order valence-electron chi connectivity index (χ3n) is 2.93. The van der Waals surface area contributed by atoms with Crippen LogP contribution in [0.25, 0.3) is 0 Å². The van der Waals surface area contributed by atoms with Crippen molar-refractivity contribution in [1.82, 2.24) is 10.2 Å². The Bertz CT molecular complexity index is 455. The molecule has 0 fully saturated rings. The van der Waals surface area contributed by atoms with E-state index in [1.54, 1.807) is 13.2 Å².